The van der Waals surface area contributed by atoms with E-state index in [2.05, 4.69) is 13.8 Å². The number of benzene rings is 1. The molecule has 0 bridgehead atoms. The van der Waals surface area contributed by atoms with Crippen LogP contribution in [0.4, 0.5) is 5.69 Å². The molecule has 0 fully saturated rings. The number of fused-ring (bicyclic) bond motifs is 1. The van der Waals surface area contributed by atoms with E-state index in [-0.39, 0.29) is 18.4 Å². The summed E-state index contributed by atoms with van der Waals surface area (Å²) in [6, 6.07) is 5.52. The number of hydrogen-bond donors (Lipinski definition) is 1. The van der Waals surface area contributed by atoms with Gasteiger partial charge in [-0.1, -0.05) is 33.8 Å². The lowest BCUT2D eigenvalue weighted by atomic mass is 10.0. The first-order valence-electron chi connectivity index (χ1n) is 7.15. The van der Waals surface area contributed by atoms with E-state index in [9.17, 15) is 9.90 Å². The summed E-state index contributed by atoms with van der Waals surface area (Å²) in [5, 5.41) is 9.27. The number of nitrogens with zero attached hydrogens (tertiary/aromatic N) is 1. The molecule has 1 amide bonds. The van der Waals surface area contributed by atoms with Gasteiger partial charge in [0.1, 0.15) is 5.75 Å². The Morgan fingerprint density at radius 1 is 1.30 bits per heavy atom. The minimum atomic E-state index is -0.429. The number of rotatable bonds is 4. The number of amides is 1. The lowest BCUT2D eigenvalue weighted by Crippen LogP contribution is -2.49. The number of carbonyl (C=O) groups excluding carboxylic acids is 1. The third-order valence-corrected chi connectivity index (χ3v) is 3.41. The van der Waals surface area contributed by atoms with Gasteiger partial charge in [-0.2, -0.15) is 0 Å². The van der Waals surface area contributed by atoms with Crippen molar-refractivity contribution in [2.45, 2.75) is 40.4 Å². The van der Waals surface area contributed by atoms with Crippen molar-refractivity contribution in [1.82, 2.24) is 0 Å². The zero-order chi connectivity index (χ0) is 14.9. The van der Waals surface area contributed by atoms with Gasteiger partial charge in [0.15, 0.2) is 6.10 Å². The highest BCUT2D eigenvalue weighted by Gasteiger charge is 2.36. The molecular formula is C16H23NO3. The minimum Gasteiger partial charge on any atom is -0.478 e. The van der Waals surface area contributed by atoms with Crippen LogP contribution in [0.3, 0.4) is 0 Å². The third-order valence-electron chi connectivity index (χ3n) is 3.41. The predicted molar refractivity (Wildman–Crippen MR) is 78.8 cm³/mol. The van der Waals surface area contributed by atoms with Gasteiger partial charge >= 0.3 is 0 Å². The van der Waals surface area contributed by atoms with Crippen LogP contribution >= 0.6 is 0 Å². The molecule has 0 aliphatic carbocycles. The Kier molecular flexibility index (Phi) is 4.33. The Bertz CT molecular complexity index is 496. The van der Waals surface area contributed by atoms with Gasteiger partial charge in [-0.25, -0.2) is 0 Å². The van der Waals surface area contributed by atoms with Gasteiger partial charge in [0, 0.05) is 6.54 Å². The Labute approximate surface area is 120 Å². The molecular weight excluding hydrogens is 254 g/mol. The fraction of sp³-hybridized carbons (Fsp3) is 0.562. The van der Waals surface area contributed by atoms with E-state index in [1.807, 2.05) is 32.0 Å². The average molecular weight is 277 g/mol. The minimum absolute atomic E-state index is 0.0105. The van der Waals surface area contributed by atoms with Gasteiger partial charge in [-0.05, 0) is 29.5 Å². The van der Waals surface area contributed by atoms with E-state index in [0.29, 0.717) is 12.5 Å². The molecule has 2 rings (SSSR count). The van der Waals surface area contributed by atoms with E-state index in [1.165, 1.54) is 0 Å². The normalized spacial score (nSPS) is 18.4. The van der Waals surface area contributed by atoms with E-state index in [1.54, 1.807) is 4.90 Å². The molecule has 1 aliphatic rings. The van der Waals surface area contributed by atoms with Crippen molar-refractivity contribution in [2.75, 3.05) is 11.4 Å². The molecule has 1 unspecified atom stereocenters. The first kappa shape index (κ1) is 14.9. The molecule has 0 aromatic heterocycles. The number of carbonyl (C=O) groups is 1. The number of anilines is 1. The second-order valence-electron chi connectivity index (χ2n) is 6.09. The highest BCUT2D eigenvalue weighted by Crippen LogP contribution is 2.36. The lowest BCUT2D eigenvalue weighted by molar-refractivity contribution is -0.128. The van der Waals surface area contributed by atoms with Gasteiger partial charge in [-0.15, -0.1) is 0 Å². The summed E-state index contributed by atoms with van der Waals surface area (Å²) >= 11 is 0. The van der Waals surface area contributed by atoms with E-state index >= 15 is 0 Å². The highest BCUT2D eigenvalue weighted by atomic mass is 16.5. The second-order valence-corrected chi connectivity index (χ2v) is 6.09. The fourth-order valence-electron chi connectivity index (χ4n) is 2.41. The van der Waals surface area contributed by atoms with Crippen molar-refractivity contribution in [1.29, 1.82) is 0 Å². The summed E-state index contributed by atoms with van der Waals surface area (Å²) in [5.41, 5.74) is 1.56. The summed E-state index contributed by atoms with van der Waals surface area (Å²) in [6.07, 6.45) is -0.429. The van der Waals surface area contributed by atoms with Crippen LogP contribution in [0, 0.1) is 11.8 Å². The molecule has 1 aromatic carbocycles. The second kappa shape index (κ2) is 5.83. The van der Waals surface area contributed by atoms with E-state index in [0.717, 1.165) is 17.0 Å². The van der Waals surface area contributed by atoms with Crippen LogP contribution in [-0.4, -0.2) is 23.7 Å². The maximum Gasteiger partial charge on any atom is 0.268 e. The molecule has 1 heterocycles. The molecule has 1 atom stereocenters. The van der Waals surface area contributed by atoms with Gasteiger partial charge in [0.05, 0.1) is 12.3 Å². The van der Waals surface area contributed by atoms with Gasteiger partial charge < -0.3 is 14.7 Å². The van der Waals surface area contributed by atoms with Crippen molar-refractivity contribution in [3.05, 3.63) is 23.8 Å². The smallest absolute Gasteiger partial charge is 0.268 e. The van der Waals surface area contributed by atoms with E-state index < -0.39 is 6.10 Å². The monoisotopic (exact) mass is 277 g/mol. The summed E-state index contributed by atoms with van der Waals surface area (Å²) < 4.78 is 5.84. The van der Waals surface area contributed by atoms with Gasteiger partial charge in [-0.3, -0.25) is 4.79 Å². The first-order valence-corrected chi connectivity index (χ1v) is 7.15. The summed E-state index contributed by atoms with van der Waals surface area (Å²) in [5.74, 6) is 1.23. The van der Waals surface area contributed by atoms with Crippen LogP contribution in [0.15, 0.2) is 18.2 Å². The van der Waals surface area contributed by atoms with Crippen molar-refractivity contribution in [2.24, 2.45) is 11.8 Å². The Morgan fingerprint density at radius 2 is 2.00 bits per heavy atom. The summed E-state index contributed by atoms with van der Waals surface area (Å²) in [4.78, 5) is 14.4. The predicted octanol–water partition coefficient (Wildman–Crippen LogP) is 2.58. The van der Waals surface area contributed by atoms with Crippen LogP contribution in [0.5, 0.6) is 5.75 Å². The molecule has 1 aromatic rings. The lowest BCUT2D eigenvalue weighted by Gasteiger charge is -2.37. The van der Waals surface area contributed by atoms with Gasteiger partial charge in [0.25, 0.3) is 5.91 Å². The molecule has 1 N–H and O–H groups in total. The maximum atomic E-state index is 12.6. The number of aliphatic hydroxyl groups is 1. The SMILES string of the molecule is CC(C)CN1C(=O)C(C(C)C)Oc2ccc(CO)cc21. The standard InChI is InChI=1S/C16H23NO3/c1-10(2)8-17-13-7-12(9-18)5-6-14(13)20-15(11(3)4)16(17)19/h5-7,10-11,15,18H,8-9H2,1-4H3. The van der Waals surface area contributed by atoms with Crippen molar-refractivity contribution < 1.29 is 14.6 Å². The highest BCUT2D eigenvalue weighted by molar-refractivity contribution is 6.00. The van der Waals surface area contributed by atoms with Crippen LogP contribution in [0.25, 0.3) is 0 Å². The Hall–Kier alpha value is -1.55. The molecule has 0 spiro atoms. The molecule has 0 radical (unpaired) electrons. The summed E-state index contributed by atoms with van der Waals surface area (Å²) in [6.45, 7) is 8.77. The van der Waals surface area contributed by atoms with E-state index in [4.69, 9.17) is 4.74 Å². The zero-order valence-corrected chi connectivity index (χ0v) is 12.6. The number of ether oxygens (including phenoxy) is 1. The molecule has 0 saturated heterocycles. The summed E-state index contributed by atoms with van der Waals surface area (Å²) in [7, 11) is 0. The zero-order valence-electron chi connectivity index (χ0n) is 12.6. The Balaban J connectivity index is 2.44. The van der Waals surface area contributed by atoms with Crippen LogP contribution in [0.1, 0.15) is 33.3 Å². The topological polar surface area (TPSA) is 49.8 Å². The Morgan fingerprint density at radius 3 is 2.55 bits per heavy atom. The van der Waals surface area contributed by atoms with Crippen LogP contribution < -0.4 is 9.64 Å². The van der Waals surface area contributed by atoms with Gasteiger partial charge in [0.2, 0.25) is 0 Å². The van der Waals surface area contributed by atoms with Crippen molar-refractivity contribution >= 4 is 11.6 Å². The van der Waals surface area contributed by atoms with Crippen molar-refractivity contribution in [3.8, 4) is 5.75 Å². The molecule has 0 saturated carbocycles. The molecule has 4 nitrogen and oxygen atoms in total. The molecule has 20 heavy (non-hydrogen) atoms. The molecule has 1 aliphatic heterocycles. The largest absolute Gasteiger partial charge is 0.478 e. The maximum absolute atomic E-state index is 12.6. The van der Waals surface area contributed by atoms with Crippen LogP contribution in [-0.2, 0) is 11.4 Å². The first-order chi connectivity index (χ1) is 9.43. The fourth-order valence-corrected chi connectivity index (χ4v) is 2.41. The van der Waals surface area contributed by atoms with Crippen LogP contribution in [0.2, 0.25) is 0 Å². The molecule has 4 heteroatoms. The third kappa shape index (κ3) is 2.80. The average Bonchev–Trinajstić information content (AvgIpc) is 2.40. The molecule has 110 valence electrons. The number of aliphatic hydroxyl groups excluding tert-OH is 1. The van der Waals surface area contributed by atoms with Crippen molar-refractivity contribution in [3.63, 3.8) is 0 Å². The number of hydrogen-bond acceptors (Lipinski definition) is 3. The quantitative estimate of drug-likeness (QED) is 0.920.